The molecule has 0 spiro atoms. The molecule has 1 heterocycles. The van der Waals surface area contributed by atoms with Crippen molar-refractivity contribution in [1.29, 1.82) is 0 Å². The van der Waals surface area contributed by atoms with Crippen molar-refractivity contribution >= 4 is 16.6 Å². The molecule has 0 atom stereocenters. The number of aromatic nitrogens is 1. The van der Waals surface area contributed by atoms with Crippen LogP contribution in [0.2, 0.25) is 0 Å². The molecule has 0 unspecified atom stereocenters. The molecule has 1 aliphatic rings. The molecule has 0 aliphatic heterocycles. The van der Waals surface area contributed by atoms with Crippen LogP contribution < -0.4 is 10.6 Å². The van der Waals surface area contributed by atoms with E-state index in [0.717, 1.165) is 37.0 Å². The normalized spacial score (nSPS) is 17.1. The second-order valence-electron chi connectivity index (χ2n) is 8.77. The molecular formula is C29H34F5N3. The lowest BCUT2D eigenvalue weighted by Gasteiger charge is -2.28. The maximum absolute atomic E-state index is 13.1. The molecule has 2 aromatic carbocycles. The second kappa shape index (κ2) is 13.8. The summed E-state index contributed by atoms with van der Waals surface area (Å²) in [5.41, 5.74) is 2.21. The number of anilines is 1. The van der Waals surface area contributed by atoms with Crippen LogP contribution in [0, 0.1) is 17.6 Å². The summed E-state index contributed by atoms with van der Waals surface area (Å²) in [6, 6.07) is 8.49. The molecule has 0 saturated heterocycles. The summed E-state index contributed by atoms with van der Waals surface area (Å²) >= 11 is 0. The van der Waals surface area contributed by atoms with Gasteiger partial charge in [-0.25, -0.2) is 8.78 Å². The first-order valence-electron chi connectivity index (χ1n) is 12.0. The predicted octanol–water partition coefficient (Wildman–Crippen LogP) is 8.39. The summed E-state index contributed by atoms with van der Waals surface area (Å²) in [6.45, 7) is 13.2. The number of hydrogen-bond acceptors (Lipinski definition) is 2. The van der Waals surface area contributed by atoms with Gasteiger partial charge in [-0.15, -0.1) is 13.2 Å². The van der Waals surface area contributed by atoms with E-state index in [4.69, 9.17) is 0 Å². The van der Waals surface area contributed by atoms with Crippen molar-refractivity contribution in [3.8, 4) is 0 Å². The number of allylic oxidation sites excluding steroid dienone is 1. The number of benzene rings is 2. The Morgan fingerprint density at radius 3 is 2.16 bits per heavy atom. The molecule has 0 radical (unpaired) electrons. The lowest BCUT2D eigenvalue weighted by molar-refractivity contribution is -0.137. The van der Waals surface area contributed by atoms with Crippen LogP contribution in [0.3, 0.4) is 0 Å². The van der Waals surface area contributed by atoms with Crippen molar-refractivity contribution in [3.63, 3.8) is 0 Å². The van der Waals surface area contributed by atoms with Crippen molar-refractivity contribution in [1.82, 2.24) is 10.3 Å². The number of H-pyrrole nitrogens is 1. The fraction of sp³-hybridized carbons (Fsp3) is 0.310. The average Bonchev–Trinajstić information content (AvgIpc) is 3.27. The molecule has 1 aliphatic carbocycles. The van der Waals surface area contributed by atoms with Gasteiger partial charge in [0.1, 0.15) is 0 Å². The van der Waals surface area contributed by atoms with Crippen LogP contribution in [0.4, 0.5) is 27.6 Å². The van der Waals surface area contributed by atoms with E-state index in [1.165, 1.54) is 25.0 Å². The van der Waals surface area contributed by atoms with Crippen LogP contribution in [-0.4, -0.2) is 18.1 Å². The quantitative estimate of drug-likeness (QED) is 0.174. The minimum atomic E-state index is -4.23. The predicted molar refractivity (Wildman–Crippen MR) is 142 cm³/mol. The third-order valence-electron chi connectivity index (χ3n) is 6.32. The zero-order valence-electron chi connectivity index (χ0n) is 21.0. The maximum atomic E-state index is 13.1. The SMILES string of the molecule is C=C.C=CC(=C)Nc1c[nH]c2cc(F)c(F)cc12.CNC1CCC(Cc2ccc(C(F)(F)F)cc2)CC1. The summed E-state index contributed by atoms with van der Waals surface area (Å²) in [7, 11) is 1.99. The minimum absolute atomic E-state index is 0.526. The van der Waals surface area contributed by atoms with Gasteiger partial charge >= 0.3 is 6.18 Å². The maximum Gasteiger partial charge on any atom is 0.416 e. The molecule has 3 aromatic rings. The topological polar surface area (TPSA) is 39.9 Å². The number of fused-ring (bicyclic) bond motifs is 1. The second-order valence-corrected chi connectivity index (χ2v) is 8.77. The molecule has 1 saturated carbocycles. The highest BCUT2D eigenvalue weighted by atomic mass is 19.4. The largest absolute Gasteiger partial charge is 0.416 e. The molecule has 1 aromatic heterocycles. The Bertz CT molecular complexity index is 1160. The molecule has 0 amide bonds. The van der Waals surface area contributed by atoms with Crippen LogP contribution in [0.1, 0.15) is 36.8 Å². The van der Waals surface area contributed by atoms with E-state index >= 15 is 0 Å². The smallest absolute Gasteiger partial charge is 0.359 e. The van der Waals surface area contributed by atoms with Crippen molar-refractivity contribution in [3.05, 3.63) is 103 Å². The van der Waals surface area contributed by atoms with Gasteiger partial charge in [0.25, 0.3) is 0 Å². The van der Waals surface area contributed by atoms with Gasteiger partial charge in [-0.1, -0.05) is 25.3 Å². The van der Waals surface area contributed by atoms with Crippen LogP contribution in [0.15, 0.2) is 80.7 Å². The van der Waals surface area contributed by atoms with Gasteiger partial charge in [-0.2, -0.15) is 13.2 Å². The van der Waals surface area contributed by atoms with E-state index < -0.39 is 23.4 Å². The number of hydrogen-bond donors (Lipinski definition) is 3. The number of nitrogens with one attached hydrogen (secondary N) is 3. The summed E-state index contributed by atoms with van der Waals surface area (Å²) < 4.78 is 63.4. The zero-order valence-corrected chi connectivity index (χ0v) is 21.0. The van der Waals surface area contributed by atoms with E-state index in [2.05, 4.69) is 41.9 Å². The van der Waals surface area contributed by atoms with E-state index in [9.17, 15) is 22.0 Å². The Morgan fingerprint density at radius 2 is 1.62 bits per heavy atom. The fourth-order valence-corrected chi connectivity index (χ4v) is 4.26. The van der Waals surface area contributed by atoms with Crippen molar-refractivity contribution in [2.45, 2.75) is 44.3 Å². The Kier molecular flexibility index (Phi) is 11.1. The van der Waals surface area contributed by atoms with Crippen LogP contribution in [-0.2, 0) is 12.6 Å². The van der Waals surface area contributed by atoms with E-state index in [1.54, 1.807) is 24.4 Å². The van der Waals surface area contributed by atoms with Crippen LogP contribution in [0.25, 0.3) is 10.9 Å². The lowest BCUT2D eigenvalue weighted by Crippen LogP contribution is -2.30. The molecule has 37 heavy (non-hydrogen) atoms. The van der Waals surface area contributed by atoms with Gasteiger partial charge in [0.2, 0.25) is 0 Å². The van der Waals surface area contributed by atoms with E-state index in [-0.39, 0.29) is 0 Å². The van der Waals surface area contributed by atoms with Gasteiger partial charge in [0.15, 0.2) is 11.6 Å². The zero-order chi connectivity index (χ0) is 27.6. The monoisotopic (exact) mass is 519 g/mol. The molecule has 4 rings (SSSR count). The van der Waals surface area contributed by atoms with Crippen molar-refractivity contribution < 1.29 is 22.0 Å². The molecule has 8 heteroatoms. The van der Waals surface area contributed by atoms with Gasteiger partial charge < -0.3 is 15.6 Å². The standard InChI is InChI=1S/C15H20F3N.C12H10F2N2.C2H4/c1-19-14-8-4-12(5-9-14)10-11-2-6-13(7-3-11)15(16,17)18;1-3-7(2)16-12-6-15-11-5-10(14)9(13)4-8(11)12;1-2/h2-3,6-7,12,14,19H,4-5,8-10H2,1H3;3-6,15-16H,1-2H2;1-2H2. The molecule has 3 N–H and O–H groups in total. The van der Waals surface area contributed by atoms with E-state index in [1.807, 2.05) is 7.05 Å². The molecule has 200 valence electrons. The summed E-state index contributed by atoms with van der Waals surface area (Å²) in [5, 5.41) is 6.79. The molecule has 1 fully saturated rings. The molecule has 0 bridgehead atoms. The third kappa shape index (κ3) is 8.60. The van der Waals surface area contributed by atoms with Gasteiger partial charge in [-0.3, -0.25) is 0 Å². The van der Waals surface area contributed by atoms with E-state index in [0.29, 0.717) is 34.2 Å². The highest BCUT2D eigenvalue weighted by Gasteiger charge is 2.30. The molecular weight excluding hydrogens is 485 g/mol. The first kappa shape index (κ1) is 29.8. The number of rotatable bonds is 6. The Hall–Kier alpha value is -3.39. The van der Waals surface area contributed by atoms with Crippen LogP contribution in [0.5, 0.6) is 0 Å². The van der Waals surface area contributed by atoms with Crippen molar-refractivity contribution in [2.75, 3.05) is 12.4 Å². The average molecular weight is 520 g/mol. The van der Waals surface area contributed by atoms with Gasteiger partial charge in [0, 0.05) is 29.4 Å². The fourth-order valence-electron chi connectivity index (χ4n) is 4.26. The number of halogens is 5. The number of alkyl halides is 3. The Balaban J connectivity index is 0.000000247. The van der Waals surface area contributed by atoms with Crippen molar-refractivity contribution in [2.24, 2.45) is 5.92 Å². The summed E-state index contributed by atoms with van der Waals surface area (Å²) in [4.78, 5) is 2.84. The van der Waals surface area contributed by atoms with Gasteiger partial charge in [0.05, 0.1) is 16.8 Å². The van der Waals surface area contributed by atoms with Gasteiger partial charge in [-0.05, 0) is 74.9 Å². The third-order valence-corrected chi connectivity index (χ3v) is 6.32. The molecule has 3 nitrogen and oxygen atoms in total. The number of aromatic amines is 1. The Morgan fingerprint density at radius 1 is 1.03 bits per heavy atom. The minimum Gasteiger partial charge on any atom is -0.359 e. The Labute approximate surface area is 215 Å². The first-order chi connectivity index (χ1) is 17.6. The lowest BCUT2D eigenvalue weighted by atomic mass is 9.82. The van der Waals surface area contributed by atoms with Crippen LogP contribution >= 0.6 is 0 Å². The summed E-state index contributed by atoms with van der Waals surface area (Å²) in [6.07, 6.45) is 4.48. The highest BCUT2D eigenvalue weighted by molar-refractivity contribution is 5.93. The highest BCUT2D eigenvalue weighted by Crippen LogP contribution is 2.31. The first-order valence-corrected chi connectivity index (χ1v) is 12.0. The summed E-state index contributed by atoms with van der Waals surface area (Å²) in [5.74, 6) is -1.14.